The number of nitrogens with zero attached hydrogens (tertiary/aromatic N) is 2. The van der Waals surface area contributed by atoms with Gasteiger partial charge in [-0.25, -0.2) is 0 Å². The zero-order valence-electron chi connectivity index (χ0n) is 12.3. The molecule has 0 spiro atoms. The van der Waals surface area contributed by atoms with Gasteiger partial charge in [0.05, 0.1) is 0 Å². The number of phenolic OH excluding ortho intramolecular Hbond substituents is 2. The van der Waals surface area contributed by atoms with Crippen LogP contribution < -0.4 is 0 Å². The summed E-state index contributed by atoms with van der Waals surface area (Å²) >= 11 is 0. The highest BCUT2D eigenvalue weighted by atomic mass is 27.0. The van der Waals surface area contributed by atoms with E-state index >= 15 is 0 Å². The van der Waals surface area contributed by atoms with Gasteiger partial charge in [-0.15, -0.1) is 0 Å². The SMILES string of the molecule is Oc1cccc2cccnc12.Oc1cccc2cccnc12.[Al]. The smallest absolute Gasteiger partial charge is 0.141 e. The average molecular weight is 317 g/mol. The lowest BCUT2D eigenvalue weighted by Gasteiger charge is -1.96. The first kappa shape index (κ1) is 16.8. The molecule has 0 saturated heterocycles. The van der Waals surface area contributed by atoms with Crippen molar-refractivity contribution in [1.29, 1.82) is 0 Å². The quantitative estimate of drug-likeness (QED) is 0.487. The molecule has 0 aliphatic heterocycles. The summed E-state index contributed by atoms with van der Waals surface area (Å²) in [6, 6.07) is 18.3. The fourth-order valence-corrected chi connectivity index (χ4v) is 2.18. The van der Waals surface area contributed by atoms with Gasteiger partial charge in [-0.1, -0.05) is 36.4 Å². The van der Waals surface area contributed by atoms with Gasteiger partial charge in [-0.2, -0.15) is 0 Å². The van der Waals surface area contributed by atoms with Gasteiger partial charge in [0.2, 0.25) is 0 Å². The summed E-state index contributed by atoms with van der Waals surface area (Å²) in [6.07, 6.45) is 3.34. The summed E-state index contributed by atoms with van der Waals surface area (Å²) in [5.41, 5.74) is 1.32. The number of aromatic nitrogens is 2. The third kappa shape index (κ3) is 3.78. The van der Waals surface area contributed by atoms with Crippen molar-refractivity contribution in [2.45, 2.75) is 0 Å². The van der Waals surface area contributed by atoms with Gasteiger partial charge in [0, 0.05) is 40.5 Å². The normalized spacial score (nSPS) is 9.74. The first-order chi connectivity index (χ1) is 10.8. The molecule has 0 atom stereocenters. The Hall–Kier alpha value is -2.61. The van der Waals surface area contributed by atoms with Gasteiger partial charge in [0.25, 0.3) is 0 Å². The van der Waals surface area contributed by atoms with Gasteiger partial charge in [0.1, 0.15) is 22.5 Å². The van der Waals surface area contributed by atoms with Crippen LogP contribution in [-0.4, -0.2) is 37.5 Å². The van der Waals surface area contributed by atoms with Crippen molar-refractivity contribution in [2.24, 2.45) is 0 Å². The maximum absolute atomic E-state index is 9.31. The number of fused-ring (bicyclic) bond motifs is 2. The number of aromatic hydroxyl groups is 2. The largest absolute Gasteiger partial charge is 0.506 e. The molecule has 0 bridgehead atoms. The molecule has 0 amide bonds. The van der Waals surface area contributed by atoms with Crippen LogP contribution in [0, 0.1) is 0 Å². The third-order valence-electron chi connectivity index (χ3n) is 3.22. The van der Waals surface area contributed by atoms with Crippen LogP contribution in [0.2, 0.25) is 0 Å². The minimum atomic E-state index is 0. The monoisotopic (exact) mass is 317 g/mol. The van der Waals surface area contributed by atoms with E-state index in [9.17, 15) is 10.2 Å². The van der Waals surface area contributed by atoms with E-state index in [4.69, 9.17) is 0 Å². The third-order valence-corrected chi connectivity index (χ3v) is 3.22. The predicted octanol–water partition coefficient (Wildman–Crippen LogP) is 3.50. The number of hydrogen-bond acceptors (Lipinski definition) is 4. The van der Waals surface area contributed by atoms with Crippen molar-refractivity contribution in [1.82, 2.24) is 9.97 Å². The Labute approximate surface area is 144 Å². The van der Waals surface area contributed by atoms with Crippen LogP contribution >= 0.6 is 0 Å². The Bertz CT molecular complexity index is 841. The Kier molecular flexibility index (Phi) is 5.53. The van der Waals surface area contributed by atoms with Gasteiger partial charge in [-0.05, 0) is 24.3 Å². The van der Waals surface area contributed by atoms with Crippen LogP contribution in [0.1, 0.15) is 0 Å². The molecule has 2 N–H and O–H groups in total. The number of hydrogen-bond donors (Lipinski definition) is 2. The van der Waals surface area contributed by atoms with Crippen LogP contribution in [0.25, 0.3) is 21.8 Å². The fraction of sp³-hybridized carbons (Fsp3) is 0. The Morgan fingerprint density at radius 2 is 0.957 bits per heavy atom. The Morgan fingerprint density at radius 3 is 1.35 bits per heavy atom. The lowest BCUT2D eigenvalue weighted by molar-refractivity contribution is 0.480. The van der Waals surface area contributed by atoms with Crippen LogP contribution in [0.3, 0.4) is 0 Å². The number of para-hydroxylation sites is 2. The summed E-state index contributed by atoms with van der Waals surface area (Å²) in [5.74, 6) is 0.478. The number of pyridine rings is 2. The van der Waals surface area contributed by atoms with Gasteiger partial charge in [0.15, 0.2) is 0 Å². The second kappa shape index (κ2) is 7.59. The molecule has 0 unspecified atom stereocenters. The maximum atomic E-state index is 9.31. The first-order valence-corrected chi connectivity index (χ1v) is 6.81. The number of benzene rings is 2. The van der Waals surface area contributed by atoms with E-state index < -0.39 is 0 Å². The van der Waals surface area contributed by atoms with Crippen molar-refractivity contribution < 1.29 is 10.2 Å². The lowest BCUT2D eigenvalue weighted by atomic mass is 10.2. The molecule has 5 heteroatoms. The molecule has 3 radical (unpaired) electrons. The van der Waals surface area contributed by atoms with Gasteiger partial charge >= 0.3 is 0 Å². The zero-order chi connectivity index (χ0) is 15.4. The molecular formula is C18H14AlN2O2. The van der Waals surface area contributed by atoms with E-state index in [0.717, 1.165) is 10.8 Å². The van der Waals surface area contributed by atoms with Crippen molar-refractivity contribution in [3.63, 3.8) is 0 Å². The van der Waals surface area contributed by atoms with E-state index in [0.29, 0.717) is 11.0 Å². The minimum Gasteiger partial charge on any atom is -0.506 e. The zero-order valence-corrected chi connectivity index (χ0v) is 13.4. The van der Waals surface area contributed by atoms with Crippen LogP contribution in [-0.2, 0) is 0 Å². The molecule has 0 aliphatic rings. The summed E-state index contributed by atoms with van der Waals surface area (Å²) < 4.78 is 0. The van der Waals surface area contributed by atoms with Crippen molar-refractivity contribution in [2.75, 3.05) is 0 Å². The number of rotatable bonds is 0. The average Bonchev–Trinajstić information content (AvgIpc) is 2.57. The van der Waals surface area contributed by atoms with Gasteiger partial charge in [-0.3, -0.25) is 9.97 Å². The molecule has 2 heterocycles. The minimum absolute atomic E-state index is 0. The lowest BCUT2D eigenvalue weighted by Crippen LogP contribution is -1.76. The standard InChI is InChI=1S/2C9H7NO.Al/c2*11-8-5-1-3-7-4-2-6-10-9(7)8;/h2*1-6,11H;. The molecule has 111 valence electrons. The highest BCUT2D eigenvalue weighted by molar-refractivity contribution is 5.84. The molecular weight excluding hydrogens is 303 g/mol. The molecule has 23 heavy (non-hydrogen) atoms. The second-order valence-corrected chi connectivity index (χ2v) is 4.70. The Morgan fingerprint density at radius 1 is 0.565 bits per heavy atom. The van der Waals surface area contributed by atoms with E-state index in [1.165, 1.54) is 0 Å². The predicted molar refractivity (Wildman–Crippen MR) is 92.6 cm³/mol. The highest BCUT2D eigenvalue weighted by Crippen LogP contribution is 2.21. The second-order valence-electron chi connectivity index (χ2n) is 4.70. The summed E-state index contributed by atoms with van der Waals surface area (Å²) in [6.45, 7) is 0. The summed E-state index contributed by atoms with van der Waals surface area (Å²) in [7, 11) is 0. The van der Waals surface area contributed by atoms with E-state index in [2.05, 4.69) is 9.97 Å². The summed E-state index contributed by atoms with van der Waals surface area (Å²) in [4.78, 5) is 8.06. The van der Waals surface area contributed by atoms with E-state index in [1.807, 2.05) is 36.4 Å². The maximum Gasteiger partial charge on any atom is 0.141 e. The van der Waals surface area contributed by atoms with E-state index in [1.54, 1.807) is 36.7 Å². The van der Waals surface area contributed by atoms with Crippen molar-refractivity contribution in [3.05, 3.63) is 73.1 Å². The van der Waals surface area contributed by atoms with Crippen LogP contribution in [0.4, 0.5) is 0 Å². The molecule has 4 rings (SSSR count). The fourth-order valence-electron chi connectivity index (χ4n) is 2.18. The molecule has 4 nitrogen and oxygen atoms in total. The first-order valence-electron chi connectivity index (χ1n) is 6.81. The van der Waals surface area contributed by atoms with Crippen LogP contribution in [0.15, 0.2) is 73.1 Å². The molecule has 0 fully saturated rings. The van der Waals surface area contributed by atoms with E-state index in [-0.39, 0.29) is 28.9 Å². The molecule has 2 aromatic carbocycles. The van der Waals surface area contributed by atoms with Crippen LogP contribution in [0.5, 0.6) is 11.5 Å². The van der Waals surface area contributed by atoms with Gasteiger partial charge < -0.3 is 10.2 Å². The van der Waals surface area contributed by atoms with Crippen molar-refractivity contribution >= 4 is 39.2 Å². The summed E-state index contributed by atoms with van der Waals surface area (Å²) in [5, 5.41) is 20.5. The highest BCUT2D eigenvalue weighted by Gasteiger charge is 1.97. The molecule has 0 saturated carbocycles. The molecule has 2 aromatic heterocycles. The topological polar surface area (TPSA) is 66.2 Å². The molecule has 0 aliphatic carbocycles. The number of phenols is 2. The molecule has 4 aromatic rings. The van der Waals surface area contributed by atoms with Crippen molar-refractivity contribution in [3.8, 4) is 11.5 Å². The Balaban J connectivity index is 0.000000160.